The first-order valence-corrected chi connectivity index (χ1v) is 5.24. The summed E-state index contributed by atoms with van der Waals surface area (Å²) in [5, 5.41) is 0. The third-order valence-corrected chi connectivity index (χ3v) is 2.91. The SMILES string of the molecule is COc1ccccc1SC[C@@H](C)N. The molecule has 0 amide bonds. The lowest BCUT2D eigenvalue weighted by Crippen LogP contribution is -2.17. The Morgan fingerprint density at radius 2 is 2.15 bits per heavy atom. The molecule has 0 fully saturated rings. The van der Waals surface area contributed by atoms with Gasteiger partial charge in [0.2, 0.25) is 0 Å². The number of thioether (sulfide) groups is 1. The highest BCUT2D eigenvalue weighted by Crippen LogP contribution is 2.28. The van der Waals surface area contributed by atoms with Crippen LogP contribution in [0.5, 0.6) is 5.75 Å². The fourth-order valence-corrected chi connectivity index (χ4v) is 1.87. The molecule has 0 spiro atoms. The van der Waals surface area contributed by atoms with Gasteiger partial charge in [0.15, 0.2) is 0 Å². The normalized spacial score (nSPS) is 12.5. The second kappa shape index (κ2) is 5.14. The van der Waals surface area contributed by atoms with E-state index in [-0.39, 0.29) is 6.04 Å². The number of hydrogen-bond donors (Lipinski definition) is 1. The van der Waals surface area contributed by atoms with E-state index in [1.54, 1.807) is 18.9 Å². The predicted octanol–water partition coefficient (Wildman–Crippen LogP) is 2.13. The van der Waals surface area contributed by atoms with Crippen LogP contribution in [0.2, 0.25) is 0 Å². The second-order valence-electron chi connectivity index (χ2n) is 2.94. The minimum atomic E-state index is 0.218. The summed E-state index contributed by atoms with van der Waals surface area (Å²) in [6, 6.07) is 8.20. The van der Waals surface area contributed by atoms with Crippen LogP contribution in [0, 0.1) is 0 Å². The van der Waals surface area contributed by atoms with E-state index in [0.29, 0.717) is 0 Å². The van der Waals surface area contributed by atoms with Crippen LogP contribution in [-0.4, -0.2) is 18.9 Å². The lowest BCUT2D eigenvalue weighted by molar-refractivity contribution is 0.405. The predicted molar refractivity (Wildman–Crippen MR) is 57.4 cm³/mol. The molecule has 1 aromatic rings. The van der Waals surface area contributed by atoms with Crippen molar-refractivity contribution in [2.75, 3.05) is 12.9 Å². The molecule has 0 aliphatic carbocycles. The molecule has 0 unspecified atom stereocenters. The Morgan fingerprint density at radius 1 is 1.46 bits per heavy atom. The smallest absolute Gasteiger partial charge is 0.132 e. The highest BCUT2D eigenvalue weighted by molar-refractivity contribution is 7.99. The lowest BCUT2D eigenvalue weighted by atomic mass is 10.3. The molecule has 1 aromatic carbocycles. The number of rotatable bonds is 4. The van der Waals surface area contributed by atoms with Gasteiger partial charge in [-0.3, -0.25) is 0 Å². The Morgan fingerprint density at radius 3 is 2.77 bits per heavy atom. The third-order valence-electron chi connectivity index (χ3n) is 1.57. The largest absolute Gasteiger partial charge is 0.496 e. The van der Waals surface area contributed by atoms with Crippen molar-refractivity contribution in [2.24, 2.45) is 5.73 Å². The van der Waals surface area contributed by atoms with Crippen LogP contribution in [0.3, 0.4) is 0 Å². The molecule has 13 heavy (non-hydrogen) atoms. The molecule has 0 heterocycles. The summed E-state index contributed by atoms with van der Waals surface area (Å²) in [4.78, 5) is 1.15. The zero-order valence-electron chi connectivity index (χ0n) is 7.99. The van der Waals surface area contributed by atoms with E-state index in [0.717, 1.165) is 16.4 Å². The molecule has 2 nitrogen and oxygen atoms in total. The molecule has 0 saturated carbocycles. The van der Waals surface area contributed by atoms with E-state index in [9.17, 15) is 0 Å². The van der Waals surface area contributed by atoms with Crippen LogP contribution >= 0.6 is 11.8 Å². The summed E-state index contributed by atoms with van der Waals surface area (Å²) in [5.41, 5.74) is 5.67. The monoisotopic (exact) mass is 197 g/mol. The molecule has 72 valence electrons. The Balaban J connectivity index is 2.64. The van der Waals surface area contributed by atoms with Crippen molar-refractivity contribution >= 4 is 11.8 Å². The van der Waals surface area contributed by atoms with Crippen molar-refractivity contribution in [2.45, 2.75) is 17.9 Å². The standard InChI is InChI=1S/C10H15NOS/c1-8(11)7-13-10-6-4-3-5-9(10)12-2/h3-6,8H,7,11H2,1-2H3/t8-/m1/s1. The Hall–Kier alpha value is -0.670. The average molecular weight is 197 g/mol. The molecule has 1 rings (SSSR count). The molecular weight excluding hydrogens is 182 g/mol. The van der Waals surface area contributed by atoms with Crippen molar-refractivity contribution in [1.29, 1.82) is 0 Å². The van der Waals surface area contributed by atoms with Gasteiger partial charge in [-0.1, -0.05) is 12.1 Å². The molecule has 0 radical (unpaired) electrons. The van der Waals surface area contributed by atoms with Gasteiger partial charge in [-0.15, -0.1) is 11.8 Å². The fourth-order valence-electron chi connectivity index (χ4n) is 0.959. The molecule has 3 heteroatoms. The van der Waals surface area contributed by atoms with Gasteiger partial charge >= 0.3 is 0 Å². The minimum absolute atomic E-state index is 0.218. The van der Waals surface area contributed by atoms with Gasteiger partial charge in [0, 0.05) is 16.7 Å². The summed E-state index contributed by atoms with van der Waals surface area (Å²) in [5.74, 6) is 1.84. The first-order valence-electron chi connectivity index (χ1n) is 4.25. The minimum Gasteiger partial charge on any atom is -0.496 e. The maximum absolute atomic E-state index is 5.67. The molecule has 0 saturated heterocycles. The van der Waals surface area contributed by atoms with Crippen LogP contribution in [0.4, 0.5) is 0 Å². The van der Waals surface area contributed by atoms with Crippen LogP contribution in [0.25, 0.3) is 0 Å². The second-order valence-corrected chi connectivity index (χ2v) is 4.00. The van der Waals surface area contributed by atoms with E-state index in [1.165, 1.54) is 0 Å². The number of methoxy groups -OCH3 is 1. The highest BCUT2D eigenvalue weighted by Gasteiger charge is 2.02. The number of benzene rings is 1. The Kier molecular flexibility index (Phi) is 4.12. The van der Waals surface area contributed by atoms with Crippen molar-refractivity contribution in [3.63, 3.8) is 0 Å². The van der Waals surface area contributed by atoms with E-state index in [1.807, 2.05) is 31.2 Å². The Labute approximate surface area is 83.5 Å². The first kappa shape index (κ1) is 10.4. The van der Waals surface area contributed by atoms with E-state index >= 15 is 0 Å². The summed E-state index contributed by atoms with van der Waals surface area (Å²) in [7, 11) is 1.69. The topological polar surface area (TPSA) is 35.2 Å². The van der Waals surface area contributed by atoms with Gasteiger partial charge in [-0.05, 0) is 19.1 Å². The molecule has 0 aliphatic rings. The van der Waals surface area contributed by atoms with Crippen LogP contribution < -0.4 is 10.5 Å². The zero-order chi connectivity index (χ0) is 9.68. The highest BCUT2D eigenvalue weighted by atomic mass is 32.2. The van der Waals surface area contributed by atoms with Gasteiger partial charge < -0.3 is 10.5 Å². The van der Waals surface area contributed by atoms with Crippen LogP contribution in [0.1, 0.15) is 6.92 Å². The maximum Gasteiger partial charge on any atom is 0.132 e. The van der Waals surface area contributed by atoms with Gasteiger partial charge in [-0.2, -0.15) is 0 Å². The number of nitrogens with two attached hydrogens (primary N) is 1. The average Bonchev–Trinajstić information content (AvgIpc) is 2.15. The zero-order valence-corrected chi connectivity index (χ0v) is 8.80. The maximum atomic E-state index is 5.67. The molecule has 0 aromatic heterocycles. The molecule has 0 bridgehead atoms. The van der Waals surface area contributed by atoms with Crippen LogP contribution in [0.15, 0.2) is 29.2 Å². The van der Waals surface area contributed by atoms with E-state index < -0.39 is 0 Å². The van der Waals surface area contributed by atoms with Crippen molar-refractivity contribution in [3.8, 4) is 5.75 Å². The summed E-state index contributed by atoms with van der Waals surface area (Å²) in [6.45, 7) is 2.00. The van der Waals surface area contributed by atoms with Crippen LogP contribution in [-0.2, 0) is 0 Å². The van der Waals surface area contributed by atoms with Gasteiger partial charge in [0.1, 0.15) is 5.75 Å². The third kappa shape index (κ3) is 3.28. The summed E-state index contributed by atoms with van der Waals surface area (Å²) in [6.07, 6.45) is 0. The fraction of sp³-hybridized carbons (Fsp3) is 0.400. The molecular formula is C10H15NOS. The number of para-hydroxylation sites is 1. The van der Waals surface area contributed by atoms with Crippen molar-refractivity contribution < 1.29 is 4.74 Å². The van der Waals surface area contributed by atoms with Gasteiger partial charge in [-0.25, -0.2) is 0 Å². The van der Waals surface area contributed by atoms with Gasteiger partial charge in [0.05, 0.1) is 7.11 Å². The molecule has 0 aliphatic heterocycles. The lowest BCUT2D eigenvalue weighted by Gasteiger charge is -2.08. The molecule has 2 N–H and O–H groups in total. The van der Waals surface area contributed by atoms with E-state index in [2.05, 4.69) is 0 Å². The quantitative estimate of drug-likeness (QED) is 0.751. The van der Waals surface area contributed by atoms with Crippen molar-refractivity contribution in [1.82, 2.24) is 0 Å². The number of hydrogen-bond acceptors (Lipinski definition) is 3. The van der Waals surface area contributed by atoms with Gasteiger partial charge in [0.25, 0.3) is 0 Å². The number of ether oxygens (including phenoxy) is 1. The van der Waals surface area contributed by atoms with E-state index in [4.69, 9.17) is 10.5 Å². The summed E-state index contributed by atoms with van der Waals surface area (Å²) < 4.78 is 5.22. The summed E-state index contributed by atoms with van der Waals surface area (Å²) >= 11 is 1.73. The Bertz CT molecular complexity index is 263. The molecule has 1 atom stereocenters. The van der Waals surface area contributed by atoms with Crippen molar-refractivity contribution in [3.05, 3.63) is 24.3 Å². The first-order chi connectivity index (χ1) is 6.24.